The maximum atomic E-state index is 11.9. The minimum atomic E-state index is -0.419. The van der Waals surface area contributed by atoms with Gasteiger partial charge in [-0.1, -0.05) is 6.07 Å². The molecule has 1 amide bonds. The number of aryl methyl sites for hydroxylation is 1. The van der Waals surface area contributed by atoms with Crippen molar-refractivity contribution >= 4 is 5.91 Å². The molecule has 2 N–H and O–H groups in total. The van der Waals surface area contributed by atoms with Crippen LogP contribution in [0.5, 0.6) is 5.75 Å². The van der Waals surface area contributed by atoms with Crippen LogP contribution < -0.4 is 0 Å². The molecule has 1 aliphatic heterocycles. The molecule has 0 radical (unpaired) electrons. The summed E-state index contributed by atoms with van der Waals surface area (Å²) in [6.45, 7) is 4.37. The number of phenols is 1. The van der Waals surface area contributed by atoms with Crippen molar-refractivity contribution in [1.29, 1.82) is 0 Å². The van der Waals surface area contributed by atoms with Crippen molar-refractivity contribution in [2.45, 2.75) is 20.0 Å². The summed E-state index contributed by atoms with van der Waals surface area (Å²) >= 11 is 0. The molecule has 0 aromatic heterocycles. The number of amides is 1. The number of aliphatic hydroxyl groups is 1. The molecule has 0 saturated carbocycles. The Morgan fingerprint density at radius 3 is 2.56 bits per heavy atom. The van der Waals surface area contributed by atoms with Crippen molar-refractivity contribution in [1.82, 2.24) is 4.90 Å². The van der Waals surface area contributed by atoms with Gasteiger partial charge in [-0.25, -0.2) is 0 Å². The van der Waals surface area contributed by atoms with Gasteiger partial charge in [0.05, 0.1) is 11.7 Å². The summed E-state index contributed by atoms with van der Waals surface area (Å²) < 4.78 is 0. The Morgan fingerprint density at radius 2 is 2.00 bits per heavy atom. The molecule has 4 heteroatoms. The molecule has 16 heavy (non-hydrogen) atoms. The van der Waals surface area contributed by atoms with Crippen LogP contribution in [0.4, 0.5) is 0 Å². The number of likely N-dealkylation sites (tertiary alicyclic amines) is 1. The maximum absolute atomic E-state index is 11.9. The van der Waals surface area contributed by atoms with Gasteiger partial charge in [0.25, 0.3) is 5.91 Å². The van der Waals surface area contributed by atoms with Crippen LogP contribution in [0.15, 0.2) is 12.1 Å². The lowest BCUT2D eigenvalue weighted by Crippen LogP contribution is -2.53. The molecule has 0 atom stereocenters. The van der Waals surface area contributed by atoms with Gasteiger partial charge in [0, 0.05) is 13.1 Å². The monoisotopic (exact) mass is 221 g/mol. The van der Waals surface area contributed by atoms with Crippen LogP contribution in [-0.4, -0.2) is 40.2 Å². The molecule has 1 saturated heterocycles. The number of hydrogen-bond acceptors (Lipinski definition) is 3. The first kappa shape index (κ1) is 11.0. The van der Waals surface area contributed by atoms with E-state index in [2.05, 4.69) is 0 Å². The number of benzene rings is 1. The van der Waals surface area contributed by atoms with E-state index >= 15 is 0 Å². The predicted molar refractivity (Wildman–Crippen MR) is 59.5 cm³/mol. The minimum Gasteiger partial charge on any atom is -0.507 e. The van der Waals surface area contributed by atoms with Gasteiger partial charge >= 0.3 is 0 Å². The molecule has 0 bridgehead atoms. The Balaban J connectivity index is 2.27. The lowest BCUT2D eigenvalue weighted by molar-refractivity contribution is 0.00570. The third-order valence-corrected chi connectivity index (χ3v) is 3.08. The number of hydrogen-bond donors (Lipinski definition) is 2. The molecule has 0 aliphatic carbocycles. The number of rotatable bonds is 1. The van der Waals surface area contributed by atoms with Crippen molar-refractivity contribution < 1.29 is 15.0 Å². The molecule has 1 aromatic carbocycles. The Labute approximate surface area is 94.1 Å². The molecule has 1 aromatic rings. The molecule has 4 nitrogen and oxygen atoms in total. The van der Waals surface area contributed by atoms with Crippen molar-refractivity contribution in [3.63, 3.8) is 0 Å². The summed E-state index contributed by atoms with van der Waals surface area (Å²) in [5.74, 6) is -0.169. The molecule has 1 aliphatic rings. The lowest BCUT2D eigenvalue weighted by Gasteiger charge is -2.36. The predicted octanol–water partition coefficient (Wildman–Crippen LogP) is 0.826. The number of carbonyl (C=O) groups is 1. The number of carbonyl (C=O) groups excluding carboxylic acids is 1. The first-order chi connectivity index (χ1) is 7.50. The van der Waals surface area contributed by atoms with Gasteiger partial charge in [-0.3, -0.25) is 4.79 Å². The SMILES string of the molecule is Cc1ccc(C(=O)N2CC(O)C2)c(O)c1C. The molecule has 86 valence electrons. The van der Waals surface area contributed by atoms with E-state index in [-0.39, 0.29) is 11.7 Å². The van der Waals surface area contributed by atoms with E-state index in [1.54, 1.807) is 13.0 Å². The largest absolute Gasteiger partial charge is 0.507 e. The quantitative estimate of drug-likeness (QED) is 0.738. The zero-order valence-electron chi connectivity index (χ0n) is 9.40. The molecule has 0 spiro atoms. The van der Waals surface area contributed by atoms with Crippen molar-refractivity contribution in [2.24, 2.45) is 0 Å². The number of nitrogens with zero attached hydrogens (tertiary/aromatic N) is 1. The van der Waals surface area contributed by atoms with Crippen molar-refractivity contribution in [3.05, 3.63) is 28.8 Å². The van der Waals surface area contributed by atoms with E-state index in [1.165, 1.54) is 4.90 Å². The third kappa shape index (κ3) is 1.65. The highest BCUT2D eigenvalue weighted by Crippen LogP contribution is 2.27. The number of aliphatic hydroxyl groups excluding tert-OH is 1. The fourth-order valence-corrected chi connectivity index (χ4v) is 1.77. The van der Waals surface area contributed by atoms with E-state index in [1.807, 2.05) is 13.0 Å². The summed E-state index contributed by atoms with van der Waals surface area (Å²) in [7, 11) is 0. The fourth-order valence-electron chi connectivity index (χ4n) is 1.77. The van der Waals surface area contributed by atoms with Gasteiger partial charge in [0.15, 0.2) is 0 Å². The highest BCUT2D eigenvalue weighted by atomic mass is 16.3. The molecule has 0 unspecified atom stereocenters. The van der Waals surface area contributed by atoms with Gasteiger partial charge in [0.2, 0.25) is 0 Å². The Morgan fingerprint density at radius 1 is 1.38 bits per heavy atom. The molecular weight excluding hydrogens is 206 g/mol. The molecule has 1 fully saturated rings. The number of β-amino-alcohol motifs (C(OH)–C–C–N with tert-alkyl or cyclic N) is 1. The van der Waals surface area contributed by atoms with Crippen LogP contribution in [0, 0.1) is 13.8 Å². The summed E-state index contributed by atoms with van der Waals surface area (Å²) in [5.41, 5.74) is 2.00. The first-order valence-corrected chi connectivity index (χ1v) is 5.27. The fraction of sp³-hybridized carbons (Fsp3) is 0.417. The van der Waals surface area contributed by atoms with Gasteiger partial charge < -0.3 is 15.1 Å². The Hall–Kier alpha value is -1.55. The van der Waals surface area contributed by atoms with Gasteiger partial charge in [-0.15, -0.1) is 0 Å². The zero-order valence-corrected chi connectivity index (χ0v) is 9.40. The lowest BCUT2D eigenvalue weighted by atomic mass is 10.0. The summed E-state index contributed by atoms with van der Waals surface area (Å²) in [4.78, 5) is 13.4. The second-order valence-corrected chi connectivity index (χ2v) is 4.27. The van der Waals surface area contributed by atoms with Crippen LogP contribution in [0.25, 0.3) is 0 Å². The Kier molecular flexibility index (Phi) is 2.59. The smallest absolute Gasteiger partial charge is 0.257 e. The van der Waals surface area contributed by atoms with Crippen LogP contribution in [0.1, 0.15) is 21.5 Å². The van der Waals surface area contributed by atoms with Gasteiger partial charge in [-0.2, -0.15) is 0 Å². The van der Waals surface area contributed by atoms with Gasteiger partial charge in [-0.05, 0) is 31.0 Å². The standard InChI is InChI=1S/C12H15NO3/c1-7-3-4-10(11(15)8(7)2)12(16)13-5-9(14)6-13/h3-4,9,14-15H,5-6H2,1-2H3. The average Bonchev–Trinajstić information content (AvgIpc) is 2.21. The van der Waals surface area contributed by atoms with Crippen LogP contribution in [0.3, 0.4) is 0 Å². The number of phenolic OH excluding ortho intramolecular Hbond substituents is 1. The minimum absolute atomic E-state index is 0.0476. The van der Waals surface area contributed by atoms with Crippen LogP contribution in [0.2, 0.25) is 0 Å². The van der Waals surface area contributed by atoms with Crippen LogP contribution in [-0.2, 0) is 0 Å². The van der Waals surface area contributed by atoms with E-state index in [0.717, 1.165) is 11.1 Å². The topological polar surface area (TPSA) is 60.8 Å². The normalized spacial score (nSPS) is 16.1. The zero-order chi connectivity index (χ0) is 11.9. The number of aromatic hydroxyl groups is 1. The Bertz CT molecular complexity index is 436. The first-order valence-electron chi connectivity index (χ1n) is 5.27. The maximum Gasteiger partial charge on any atom is 0.257 e. The third-order valence-electron chi connectivity index (χ3n) is 3.08. The van der Waals surface area contributed by atoms with E-state index in [4.69, 9.17) is 5.11 Å². The highest BCUT2D eigenvalue weighted by Gasteiger charge is 2.30. The van der Waals surface area contributed by atoms with Crippen molar-refractivity contribution in [2.75, 3.05) is 13.1 Å². The van der Waals surface area contributed by atoms with Gasteiger partial charge in [0.1, 0.15) is 5.75 Å². The molecule has 2 rings (SSSR count). The van der Waals surface area contributed by atoms with E-state index in [0.29, 0.717) is 18.7 Å². The summed E-state index contributed by atoms with van der Waals surface area (Å²) in [6, 6.07) is 3.45. The second kappa shape index (κ2) is 3.79. The molecule has 1 heterocycles. The van der Waals surface area contributed by atoms with Crippen molar-refractivity contribution in [3.8, 4) is 5.75 Å². The average molecular weight is 221 g/mol. The van der Waals surface area contributed by atoms with Crippen LogP contribution >= 0.6 is 0 Å². The second-order valence-electron chi connectivity index (χ2n) is 4.27. The van der Waals surface area contributed by atoms with E-state index < -0.39 is 6.10 Å². The van der Waals surface area contributed by atoms with E-state index in [9.17, 15) is 9.90 Å². The summed E-state index contributed by atoms with van der Waals surface area (Å²) in [5, 5.41) is 19.0. The highest BCUT2D eigenvalue weighted by molar-refractivity contribution is 5.97. The molecular formula is C12H15NO3. The summed E-state index contributed by atoms with van der Waals surface area (Å²) in [6.07, 6.45) is -0.419.